The Morgan fingerprint density at radius 2 is 2.07 bits per heavy atom. The van der Waals surface area contributed by atoms with Gasteiger partial charge in [-0.05, 0) is 19.1 Å². The number of ketones is 1. The number of rotatable bonds is 1. The lowest BCUT2D eigenvalue weighted by atomic mass is 10.1. The highest BCUT2D eigenvalue weighted by Crippen LogP contribution is 2.32. The Kier molecular flexibility index (Phi) is 1.77. The summed E-state index contributed by atoms with van der Waals surface area (Å²) in [5.41, 5.74) is 6.99. The predicted molar refractivity (Wildman–Crippen MR) is 53.2 cm³/mol. The summed E-state index contributed by atoms with van der Waals surface area (Å²) in [6.07, 6.45) is 0. The molecule has 1 aromatic carbocycles. The topological polar surface area (TPSA) is 63.4 Å². The Bertz CT molecular complexity index is 426. The second-order valence-electron chi connectivity index (χ2n) is 3.12. The van der Waals surface area contributed by atoms with E-state index >= 15 is 0 Å². The van der Waals surface area contributed by atoms with Gasteiger partial charge >= 0.3 is 0 Å². The summed E-state index contributed by atoms with van der Waals surface area (Å²) in [6, 6.07) is 5.10. The first-order valence-electron chi connectivity index (χ1n) is 4.41. The first kappa shape index (κ1) is 8.74. The van der Waals surface area contributed by atoms with Gasteiger partial charge in [0.25, 0.3) is 11.7 Å². The van der Waals surface area contributed by atoms with E-state index in [1.807, 2.05) is 6.92 Å². The van der Waals surface area contributed by atoms with Crippen LogP contribution in [0, 0.1) is 0 Å². The van der Waals surface area contributed by atoms with Crippen molar-refractivity contribution in [3.63, 3.8) is 0 Å². The summed E-state index contributed by atoms with van der Waals surface area (Å²) in [6.45, 7) is 2.31. The van der Waals surface area contributed by atoms with E-state index in [4.69, 9.17) is 5.73 Å². The molecule has 1 amide bonds. The van der Waals surface area contributed by atoms with Gasteiger partial charge in [0.1, 0.15) is 0 Å². The Hall–Kier alpha value is -1.84. The highest BCUT2D eigenvalue weighted by Gasteiger charge is 2.35. The lowest BCUT2D eigenvalue weighted by Crippen LogP contribution is -2.29. The maximum absolute atomic E-state index is 11.5. The van der Waals surface area contributed by atoms with E-state index in [2.05, 4.69) is 0 Å². The molecule has 4 heteroatoms. The predicted octanol–water partition coefficient (Wildman–Crippen LogP) is 0.818. The maximum atomic E-state index is 11.5. The Morgan fingerprint density at radius 1 is 1.36 bits per heavy atom. The second-order valence-corrected chi connectivity index (χ2v) is 3.12. The van der Waals surface area contributed by atoms with Gasteiger partial charge in [0.15, 0.2) is 0 Å². The lowest BCUT2D eigenvalue weighted by molar-refractivity contribution is -0.114. The van der Waals surface area contributed by atoms with Crippen molar-refractivity contribution in [3.05, 3.63) is 23.8 Å². The number of Topliss-reactive ketones (excluding diaryl/α,β-unsaturated/α-hetero) is 1. The Morgan fingerprint density at radius 3 is 2.71 bits per heavy atom. The number of hydrogen-bond acceptors (Lipinski definition) is 3. The van der Waals surface area contributed by atoms with E-state index in [0.717, 1.165) is 0 Å². The number of benzene rings is 1. The molecule has 2 N–H and O–H groups in total. The fourth-order valence-corrected chi connectivity index (χ4v) is 1.68. The zero-order valence-electron chi connectivity index (χ0n) is 7.78. The molecule has 0 aliphatic carbocycles. The van der Waals surface area contributed by atoms with Gasteiger partial charge in [-0.3, -0.25) is 9.59 Å². The van der Waals surface area contributed by atoms with Crippen LogP contribution in [0.5, 0.6) is 0 Å². The molecule has 0 fully saturated rings. The molecule has 0 radical (unpaired) electrons. The first-order valence-corrected chi connectivity index (χ1v) is 4.41. The second kappa shape index (κ2) is 2.83. The van der Waals surface area contributed by atoms with E-state index < -0.39 is 11.7 Å². The number of nitrogens with two attached hydrogens (primary N) is 1. The molecule has 0 bridgehead atoms. The molecule has 0 saturated heterocycles. The molecule has 4 nitrogen and oxygen atoms in total. The molecule has 0 atom stereocenters. The van der Waals surface area contributed by atoms with Crippen LogP contribution in [-0.2, 0) is 4.79 Å². The van der Waals surface area contributed by atoms with Crippen molar-refractivity contribution in [1.82, 2.24) is 0 Å². The number of amides is 1. The number of fused-ring (bicyclic) bond motifs is 1. The van der Waals surface area contributed by atoms with Gasteiger partial charge in [-0.2, -0.15) is 0 Å². The summed E-state index contributed by atoms with van der Waals surface area (Å²) in [5, 5.41) is 0. The van der Waals surface area contributed by atoms with Crippen LogP contribution >= 0.6 is 0 Å². The van der Waals surface area contributed by atoms with Crippen LogP contribution in [0.15, 0.2) is 18.2 Å². The minimum atomic E-state index is -0.500. The van der Waals surface area contributed by atoms with Crippen molar-refractivity contribution in [3.8, 4) is 0 Å². The maximum Gasteiger partial charge on any atom is 0.299 e. The van der Waals surface area contributed by atoms with Gasteiger partial charge in [0.05, 0.1) is 11.3 Å². The summed E-state index contributed by atoms with van der Waals surface area (Å²) in [4.78, 5) is 24.4. The summed E-state index contributed by atoms with van der Waals surface area (Å²) < 4.78 is 0. The molecule has 14 heavy (non-hydrogen) atoms. The van der Waals surface area contributed by atoms with Gasteiger partial charge in [-0.15, -0.1) is 0 Å². The van der Waals surface area contributed by atoms with Crippen molar-refractivity contribution >= 4 is 23.1 Å². The van der Waals surface area contributed by atoms with Crippen molar-refractivity contribution < 1.29 is 9.59 Å². The van der Waals surface area contributed by atoms with Crippen molar-refractivity contribution in [2.24, 2.45) is 0 Å². The highest BCUT2D eigenvalue weighted by atomic mass is 16.2. The van der Waals surface area contributed by atoms with Crippen LogP contribution in [0.4, 0.5) is 11.4 Å². The van der Waals surface area contributed by atoms with E-state index in [9.17, 15) is 9.59 Å². The number of nitrogens with zero attached hydrogens (tertiary/aromatic N) is 1. The van der Waals surface area contributed by atoms with E-state index in [1.54, 1.807) is 18.2 Å². The third-order valence-electron chi connectivity index (χ3n) is 2.35. The minimum Gasteiger partial charge on any atom is -0.398 e. The molecular formula is C10H10N2O2. The van der Waals surface area contributed by atoms with Crippen LogP contribution in [0.3, 0.4) is 0 Å². The molecule has 0 saturated carbocycles. The summed E-state index contributed by atoms with van der Waals surface area (Å²) >= 11 is 0. The summed E-state index contributed by atoms with van der Waals surface area (Å²) in [7, 11) is 0. The van der Waals surface area contributed by atoms with Crippen LogP contribution < -0.4 is 10.6 Å². The number of likely N-dealkylation sites (N-methyl/N-ethyl adjacent to an activating group) is 1. The van der Waals surface area contributed by atoms with E-state index in [1.165, 1.54) is 4.90 Å². The average molecular weight is 190 g/mol. The normalized spacial score (nSPS) is 14.8. The summed E-state index contributed by atoms with van der Waals surface area (Å²) in [5.74, 6) is -0.986. The largest absolute Gasteiger partial charge is 0.398 e. The standard InChI is InChI=1S/C10H10N2O2/c1-2-12-7-5-3-4-6(11)8(7)9(13)10(12)14/h3-5H,2,11H2,1H3. The zero-order valence-corrected chi connectivity index (χ0v) is 7.78. The monoisotopic (exact) mass is 190 g/mol. The van der Waals surface area contributed by atoms with Crippen molar-refractivity contribution in [2.75, 3.05) is 17.2 Å². The van der Waals surface area contributed by atoms with E-state index in [-0.39, 0.29) is 0 Å². The smallest absolute Gasteiger partial charge is 0.299 e. The van der Waals surface area contributed by atoms with Gasteiger partial charge in [-0.25, -0.2) is 0 Å². The average Bonchev–Trinajstić information content (AvgIpc) is 2.41. The fourth-order valence-electron chi connectivity index (χ4n) is 1.68. The molecule has 0 spiro atoms. The van der Waals surface area contributed by atoms with Gasteiger partial charge in [0, 0.05) is 12.2 Å². The van der Waals surface area contributed by atoms with Gasteiger partial charge < -0.3 is 10.6 Å². The molecule has 1 heterocycles. The Balaban J connectivity index is 2.67. The zero-order chi connectivity index (χ0) is 10.3. The van der Waals surface area contributed by atoms with Crippen LogP contribution in [0.25, 0.3) is 0 Å². The SMILES string of the molecule is CCN1C(=O)C(=O)c2c(N)cccc21. The Labute approximate surface area is 81.3 Å². The third-order valence-corrected chi connectivity index (χ3v) is 2.35. The minimum absolute atomic E-state index is 0.347. The van der Waals surface area contributed by atoms with E-state index in [0.29, 0.717) is 23.5 Å². The molecule has 2 rings (SSSR count). The quantitative estimate of drug-likeness (QED) is 0.526. The molecular weight excluding hydrogens is 180 g/mol. The fraction of sp³-hybridized carbons (Fsp3) is 0.200. The first-order chi connectivity index (χ1) is 6.66. The molecule has 0 unspecified atom stereocenters. The number of carbonyl (C=O) groups excluding carboxylic acids is 2. The lowest BCUT2D eigenvalue weighted by Gasteiger charge is -2.12. The third kappa shape index (κ3) is 0.937. The van der Waals surface area contributed by atoms with Gasteiger partial charge in [0.2, 0.25) is 0 Å². The molecule has 72 valence electrons. The molecule has 0 aromatic heterocycles. The molecule has 1 aromatic rings. The number of hydrogen-bond donors (Lipinski definition) is 1. The number of carbonyl (C=O) groups is 2. The number of anilines is 2. The van der Waals surface area contributed by atoms with Crippen LogP contribution in [0.1, 0.15) is 17.3 Å². The van der Waals surface area contributed by atoms with Crippen LogP contribution in [0.2, 0.25) is 0 Å². The van der Waals surface area contributed by atoms with Gasteiger partial charge in [-0.1, -0.05) is 6.07 Å². The van der Waals surface area contributed by atoms with Crippen LogP contribution in [-0.4, -0.2) is 18.2 Å². The highest BCUT2D eigenvalue weighted by molar-refractivity contribution is 6.53. The van der Waals surface area contributed by atoms with Crippen molar-refractivity contribution in [1.29, 1.82) is 0 Å². The molecule has 1 aliphatic heterocycles. The van der Waals surface area contributed by atoms with Crippen molar-refractivity contribution in [2.45, 2.75) is 6.92 Å². The number of nitrogen functional groups attached to an aromatic ring is 1. The molecule has 1 aliphatic rings.